The van der Waals surface area contributed by atoms with Gasteiger partial charge in [0.2, 0.25) is 5.91 Å². The van der Waals surface area contributed by atoms with Crippen LogP contribution in [0.1, 0.15) is 19.3 Å². The normalized spacial score (nSPS) is 14.4. The van der Waals surface area contributed by atoms with Gasteiger partial charge in [0.15, 0.2) is 0 Å². The monoisotopic (exact) mass is 380 g/mol. The van der Waals surface area contributed by atoms with Gasteiger partial charge in [-0.2, -0.15) is 5.10 Å². The Kier molecular flexibility index (Phi) is 5.60. The standard InChI is InChI=1S/C17H18Cl2N4O2/c18-12-4-6-13(7-5-12)21-15(24)11-23-17(25)16(19)14(10-20-23)22-8-2-1-3-9-22/h4-7,10H,1-3,8-9,11H2,(H,21,24). The fourth-order valence-electron chi connectivity index (χ4n) is 2.79. The maximum Gasteiger partial charge on any atom is 0.288 e. The molecule has 2 aromatic rings. The van der Waals surface area contributed by atoms with E-state index >= 15 is 0 Å². The molecule has 1 amide bonds. The van der Waals surface area contributed by atoms with Crippen LogP contribution in [0.4, 0.5) is 11.4 Å². The molecule has 3 rings (SSSR count). The zero-order valence-corrected chi connectivity index (χ0v) is 15.1. The molecule has 0 bridgehead atoms. The van der Waals surface area contributed by atoms with Crippen LogP contribution in [-0.2, 0) is 11.3 Å². The number of carbonyl (C=O) groups is 1. The van der Waals surface area contributed by atoms with Gasteiger partial charge in [-0.15, -0.1) is 0 Å². The van der Waals surface area contributed by atoms with Gasteiger partial charge < -0.3 is 10.2 Å². The van der Waals surface area contributed by atoms with Gasteiger partial charge in [0, 0.05) is 23.8 Å². The maximum absolute atomic E-state index is 12.4. The summed E-state index contributed by atoms with van der Waals surface area (Å²) in [7, 11) is 0. The molecule has 0 unspecified atom stereocenters. The maximum atomic E-state index is 12.4. The van der Waals surface area contributed by atoms with Gasteiger partial charge in [0.25, 0.3) is 5.56 Å². The van der Waals surface area contributed by atoms with Crippen molar-refractivity contribution in [2.45, 2.75) is 25.8 Å². The van der Waals surface area contributed by atoms with Crippen molar-refractivity contribution >= 4 is 40.5 Å². The fraction of sp³-hybridized carbons (Fsp3) is 0.353. The van der Waals surface area contributed by atoms with E-state index in [1.54, 1.807) is 30.5 Å². The van der Waals surface area contributed by atoms with Crippen LogP contribution in [0.25, 0.3) is 0 Å². The van der Waals surface area contributed by atoms with Crippen molar-refractivity contribution in [3.63, 3.8) is 0 Å². The number of aromatic nitrogens is 2. The Balaban J connectivity index is 1.72. The van der Waals surface area contributed by atoms with Gasteiger partial charge in [-0.1, -0.05) is 23.2 Å². The van der Waals surface area contributed by atoms with Gasteiger partial charge in [-0.25, -0.2) is 4.68 Å². The molecule has 8 heteroatoms. The van der Waals surface area contributed by atoms with E-state index in [-0.39, 0.29) is 17.5 Å². The van der Waals surface area contributed by atoms with E-state index in [1.807, 2.05) is 0 Å². The number of amides is 1. The van der Waals surface area contributed by atoms with Crippen molar-refractivity contribution in [1.82, 2.24) is 9.78 Å². The quantitative estimate of drug-likeness (QED) is 0.884. The highest BCUT2D eigenvalue weighted by Gasteiger charge is 2.18. The summed E-state index contributed by atoms with van der Waals surface area (Å²) in [5.74, 6) is -0.362. The summed E-state index contributed by atoms with van der Waals surface area (Å²) in [6.45, 7) is 1.52. The number of rotatable bonds is 4. The lowest BCUT2D eigenvalue weighted by Gasteiger charge is -2.29. The van der Waals surface area contributed by atoms with Crippen LogP contribution >= 0.6 is 23.2 Å². The summed E-state index contributed by atoms with van der Waals surface area (Å²) >= 11 is 12.0. The summed E-state index contributed by atoms with van der Waals surface area (Å²) in [4.78, 5) is 26.6. The first-order valence-electron chi connectivity index (χ1n) is 8.10. The molecule has 1 N–H and O–H groups in total. The van der Waals surface area contributed by atoms with E-state index in [1.165, 1.54) is 6.42 Å². The molecule has 1 aromatic heterocycles. The molecule has 132 valence electrons. The van der Waals surface area contributed by atoms with Crippen LogP contribution in [0.3, 0.4) is 0 Å². The molecule has 1 aromatic carbocycles. The van der Waals surface area contributed by atoms with Crippen LogP contribution in [-0.4, -0.2) is 28.8 Å². The second-order valence-electron chi connectivity index (χ2n) is 5.91. The number of nitrogens with one attached hydrogen (secondary N) is 1. The summed E-state index contributed by atoms with van der Waals surface area (Å²) in [5.41, 5.74) is 0.773. The molecular formula is C17H18Cl2N4O2. The van der Waals surface area contributed by atoms with Crippen LogP contribution in [0.5, 0.6) is 0 Å². The van der Waals surface area contributed by atoms with Gasteiger partial charge in [-0.05, 0) is 43.5 Å². The molecule has 1 saturated heterocycles. The topological polar surface area (TPSA) is 67.2 Å². The number of nitrogens with zero attached hydrogens (tertiary/aromatic N) is 3. The zero-order valence-electron chi connectivity index (χ0n) is 13.5. The predicted molar refractivity (Wildman–Crippen MR) is 99.7 cm³/mol. The van der Waals surface area contributed by atoms with E-state index in [9.17, 15) is 9.59 Å². The number of hydrogen-bond donors (Lipinski definition) is 1. The molecule has 0 radical (unpaired) electrons. The zero-order chi connectivity index (χ0) is 17.8. The van der Waals surface area contributed by atoms with E-state index in [0.29, 0.717) is 16.4 Å². The summed E-state index contributed by atoms with van der Waals surface area (Å²) in [6.07, 6.45) is 4.89. The third kappa shape index (κ3) is 4.32. The Morgan fingerprint density at radius 1 is 1.12 bits per heavy atom. The van der Waals surface area contributed by atoms with Crippen molar-refractivity contribution < 1.29 is 4.79 Å². The van der Waals surface area contributed by atoms with Crippen LogP contribution in [0, 0.1) is 0 Å². The Bertz CT molecular complexity index is 814. The number of piperidine rings is 1. The molecule has 1 fully saturated rings. The number of anilines is 2. The van der Waals surface area contributed by atoms with Crippen LogP contribution < -0.4 is 15.8 Å². The lowest BCUT2D eigenvalue weighted by molar-refractivity contribution is -0.117. The fourth-order valence-corrected chi connectivity index (χ4v) is 3.19. The third-order valence-corrected chi connectivity index (χ3v) is 4.69. The summed E-state index contributed by atoms with van der Waals surface area (Å²) in [5, 5.41) is 7.48. The molecule has 0 atom stereocenters. The SMILES string of the molecule is O=C(Cn1ncc(N2CCCCC2)c(Cl)c1=O)Nc1ccc(Cl)cc1. The van der Waals surface area contributed by atoms with Crippen LogP contribution in [0.15, 0.2) is 35.3 Å². The Morgan fingerprint density at radius 2 is 1.80 bits per heavy atom. The number of carbonyl (C=O) groups excluding carboxylic acids is 1. The Labute approximate surface area is 155 Å². The first kappa shape index (κ1) is 17.8. The minimum Gasteiger partial charge on any atom is -0.369 e. The Hall–Kier alpha value is -2.05. The van der Waals surface area contributed by atoms with Crippen molar-refractivity contribution in [1.29, 1.82) is 0 Å². The molecule has 0 aliphatic carbocycles. The van der Waals surface area contributed by atoms with Gasteiger partial charge in [0.1, 0.15) is 11.6 Å². The molecular weight excluding hydrogens is 363 g/mol. The highest BCUT2D eigenvalue weighted by molar-refractivity contribution is 6.33. The third-order valence-electron chi connectivity index (χ3n) is 4.08. The Morgan fingerprint density at radius 3 is 2.48 bits per heavy atom. The van der Waals surface area contributed by atoms with E-state index in [0.717, 1.165) is 30.6 Å². The molecule has 1 aliphatic heterocycles. The molecule has 2 heterocycles. The first-order chi connectivity index (χ1) is 12.0. The minimum absolute atomic E-state index is 0.108. The van der Waals surface area contributed by atoms with E-state index < -0.39 is 5.56 Å². The van der Waals surface area contributed by atoms with Crippen LogP contribution in [0.2, 0.25) is 10.0 Å². The van der Waals surface area contributed by atoms with Gasteiger partial charge in [-0.3, -0.25) is 9.59 Å². The highest BCUT2D eigenvalue weighted by atomic mass is 35.5. The van der Waals surface area contributed by atoms with Gasteiger partial charge in [0.05, 0.1) is 11.9 Å². The van der Waals surface area contributed by atoms with E-state index in [2.05, 4.69) is 15.3 Å². The molecule has 1 aliphatic rings. The number of benzene rings is 1. The number of hydrogen-bond acceptors (Lipinski definition) is 4. The van der Waals surface area contributed by atoms with Crippen molar-refractivity contribution in [3.8, 4) is 0 Å². The van der Waals surface area contributed by atoms with Crippen molar-refractivity contribution in [3.05, 3.63) is 50.9 Å². The molecule has 0 saturated carbocycles. The summed E-state index contributed by atoms with van der Waals surface area (Å²) < 4.78 is 1.07. The lowest BCUT2D eigenvalue weighted by Crippen LogP contribution is -2.34. The molecule has 6 nitrogen and oxygen atoms in total. The second kappa shape index (κ2) is 7.89. The van der Waals surface area contributed by atoms with Gasteiger partial charge >= 0.3 is 0 Å². The molecule has 25 heavy (non-hydrogen) atoms. The van der Waals surface area contributed by atoms with Crippen molar-refractivity contribution in [2.75, 3.05) is 23.3 Å². The van der Waals surface area contributed by atoms with Crippen molar-refractivity contribution in [2.24, 2.45) is 0 Å². The number of halogens is 2. The second-order valence-corrected chi connectivity index (χ2v) is 6.72. The smallest absolute Gasteiger partial charge is 0.288 e. The predicted octanol–water partition coefficient (Wildman–Crippen LogP) is 3.18. The van der Waals surface area contributed by atoms with E-state index in [4.69, 9.17) is 23.2 Å². The largest absolute Gasteiger partial charge is 0.369 e. The highest BCUT2D eigenvalue weighted by Crippen LogP contribution is 2.24. The lowest BCUT2D eigenvalue weighted by atomic mass is 10.1. The average Bonchev–Trinajstić information content (AvgIpc) is 2.62. The minimum atomic E-state index is -0.462. The molecule has 0 spiro atoms. The first-order valence-corrected chi connectivity index (χ1v) is 8.86. The summed E-state index contributed by atoms with van der Waals surface area (Å²) in [6, 6.07) is 6.71. The average molecular weight is 381 g/mol.